The maximum absolute atomic E-state index is 12.8. The third-order valence-electron chi connectivity index (χ3n) is 4.21. The van der Waals surface area contributed by atoms with Crippen molar-refractivity contribution in [2.75, 3.05) is 32.0 Å². The molecule has 2 atom stereocenters. The van der Waals surface area contributed by atoms with Crippen LogP contribution < -0.4 is 5.32 Å². The number of pyridine rings is 1. The minimum atomic E-state index is 0.103. The summed E-state index contributed by atoms with van der Waals surface area (Å²) in [6, 6.07) is 4.49. The molecule has 1 saturated heterocycles. The number of anilines is 1. The van der Waals surface area contributed by atoms with Crippen LogP contribution in [0, 0.1) is 6.92 Å². The first kappa shape index (κ1) is 15.8. The number of carbonyl (C=O) groups is 1. The molecule has 1 aliphatic rings. The first-order valence-electron chi connectivity index (χ1n) is 7.66. The summed E-state index contributed by atoms with van der Waals surface area (Å²) in [5.41, 5.74) is 1.59. The quantitative estimate of drug-likeness (QED) is 0.925. The highest BCUT2D eigenvalue weighted by Crippen LogP contribution is 2.18. The molecule has 1 aromatic rings. The van der Waals surface area contributed by atoms with Crippen LogP contribution in [0.4, 0.5) is 5.82 Å². The summed E-state index contributed by atoms with van der Waals surface area (Å²) in [6.07, 6.45) is 0. The van der Waals surface area contributed by atoms with Gasteiger partial charge in [-0.1, -0.05) is 0 Å². The van der Waals surface area contributed by atoms with Crippen LogP contribution in [0.3, 0.4) is 0 Å². The molecule has 1 fully saturated rings. The van der Waals surface area contributed by atoms with E-state index < -0.39 is 0 Å². The number of likely N-dealkylation sites (N-methyl/N-ethyl adjacent to an activating group) is 1. The molecular weight excluding hydrogens is 264 g/mol. The number of nitrogens with zero attached hydrogens (tertiary/aromatic N) is 3. The van der Waals surface area contributed by atoms with Gasteiger partial charge in [0.25, 0.3) is 5.91 Å². The van der Waals surface area contributed by atoms with Crippen LogP contribution in [0.1, 0.15) is 36.8 Å². The zero-order valence-electron chi connectivity index (χ0n) is 13.7. The van der Waals surface area contributed by atoms with Crippen LogP contribution in [0.15, 0.2) is 12.1 Å². The first-order chi connectivity index (χ1) is 9.92. The predicted octanol–water partition coefficient (Wildman–Crippen LogP) is 1.99. The number of hydrogen-bond donors (Lipinski definition) is 1. The molecule has 0 saturated carbocycles. The Labute approximate surface area is 127 Å². The van der Waals surface area contributed by atoms with Crippen LogP contribution in [-0.2, 0) is 0 Å². The lowest BCUT2D eigenvalue weighted by Gasteiger charge is -2.42. The average molecular weight is 290 g/mol. The molecule has 1 aliphatic heterocycles. The van der Waals surface area contributed by atoms with Gasteiger partial charge in [0.05, 0.1) is 0 Å². The number of rotatable bonds is 3. The van der Waals surface area contributed by atoms with Gasteiger partial charge in [-0.05, 0) is 46.9 Å². The van der Waals surface area contributed by atoms with Crippen molar-refractivity contribution in [2.24, 2.45) is 0 Å². The zero-order chi connectivity index (χ0) is 15.6. The van der Waals surface area contributed by atoms with Crippen molar-refractivity contribution >= 4 is 11.7 Å². The number of nitrogens with one attached hydrogen (secondary N) is 1. The van der Waals surface area contributed by atoms with Crippen molar-refractivity contribution < 1.29 is 4.79 Å². The van der Waals surface area contributed by atoms with Crippen molar-refractivity contribution in [2.45, 2.75) is 39.8 Å². The highest BCUT2D eigenvalue weighted by atomic mass is 16.2. The summed E-state index contributed by atoms with van der Waals surface area (Å²) in [5.74, 6) is 0.877. The predicted molar refractivity (Wildman–Crippen MR) is 85.7 cm³/mol. The fourth-order valence-corrected chi connectivity index (χ4v) is 2.82. The summed E-state index contributed by atoms with van der Waals surface area (Å²) in [4.78, 5) is 21.4. The van der Waals surface area contributed by atoms with E-state index in [4.69, 9.17) is 0 Å². The lowest BCUT2D eigenvalue weighted by atomic mass is 10.1. The van der Waals surface area contributed by atoms with Gasteiger partial charge in [0.15, 0.2) is 0 Å². The van der Waals surface area contributed by atoms with Crippen LogP contribution in [-0.4, -0.2) is 59.5 Å². The zero-order valence-corrected chi connectivity index (χ0v) is 13.7. The molecule has 1 amide bonds. The lowest BCUT2D eigenvalue weighted by molar-refractivity contribution is 0.0414. The Morgan fingerprint density at radius 1 is 1.33 bits per heavy atom. The van der Waals surface area contributed by atoms with E-state index >= 15 is 0 Å². The molecule has 0 radical (unpaired) electrons. The smallest absolute Gasteiger partial charge is 0.254 e. The van der Waals surface area contributed by atoms with Crippen LogP contribution >= 0.6 is 0 Å². The minimum Gasteiger partial charge on any atom is -0.370 e. The lowest BCUT2D eigenvalue weighted by Crippen LogP contribution is -2.56. The van der Waals surface area contributed by atoms with Crippen molar-refractivity contribution in [3.05, 3.63) is 23.4 Å². The van der Waals surface area contributed by atoms with Gasteiger partial charge in [0.1, 0.15) is 5.82 Å². The number of hydrogen-bond acceptors (Lipinski definition) is 4. The molecule has 5 heteroatoms. The fourth-order valence-electron chi connectivity index (χ4n) is 2.82. The third-order valence-corrected chi connectivity index (χ3v) is 4.21. The van der Waals surface area contributed by atoms with E-state index in [2.05, 4.69) is 36.1 Å². The van der Waals surface area contributed by atoms with Gasteiger partial charge in [0, 0.05) is 43.0 Å². The molecule has 116 valence electrons. The Morgan fingerprint density at radius 2 is 1.95 bits per heavy atom. The third kappa shape index (κ3) is 3.53. The highest BCUT2D eigenvalue weighted by molar-refractivity contribution is 5.95. The Morgan fingerprint density at radius 3 is 2.52 bits per heavy atom. The van der Waals surface area contributed by atoms with E-state index in [0.717, 1.165) is 36.7 Å². The summed E-state index contributed by atoms with van der Waals surface area (Å²) in [7, 11) is 2.12. The Balaban J connectivity index is 2.20. The second-order valence-corrected chi connectivity index (χ2v) is 5.99. The molecule has 0 spiro atoms. The van der Waals surface area contributed by atoms with E-state index in [0.29, 0.717) is 12.1 Å². The maximum Gasteiger partial charge on any atom is 0.254 e. The summed E-state index contributed by atoms with van der Waals surface area (Å²) in [5, 5.41) is 3.18. The van der Waals surface area contributed by atoms with Crippen molar-refractivity contribution in [1.82, 2.24) is 14.8 Å². The number of aromatic nitrogens is 1. The molecule has 2 rings (SSSR count). The first-order valence-corrected chi connectivity index (χ1v) is 7.66. The molecule has 2 heterocycles. The number of aryl methyl sites for hydroxylation is 1. The van der Waals surface area contributed by atoms with Crippen LogP contribution in [0.2, 0.25) is 0 Å². The maximum atomic E-state index is 12.8. The van der Waals surface area contributed by atoms with Gasteiger partial charge in [0.2, 0.25) is 0 Å². The largest absolute Gasteiger partial charge is 0.370 e. The Hall–Kier alpha value is -1.62. The molecule has 0 aromatic carbocycles. The molecule has 0 aliphatic carbocycles. The second kappa shape index (κ2) is 6.43. The van der Waals surface area contributed by atoms with Gasteiger partial charge < -0.3 is 10.2 Å². The molecule has 1 aromatic heterocycles. The van der Waals surface area contributed by atoms with E-state index in [1.54, 1.807) is 0 Å². The molecule has 0 bridgehead atoms. The number of piperazine rings is 1. The van der Waals surface area contributed by atoms with E-state index in [9.17, 15) is 4.79 Å². The minimum absolute atomic E-state index is 0.103. The average Bonchev–Trinajstić information content (AvgIpc) is 2.43. The van der Waals surface area contributed by atoms with Crippen molar-refractivity contribution in [3.8, 4) is 0 Å². The van der Waals surface area contributed by atoms with Crippen molar-refractivity contribution in [3.63, 3.8) is 0 Å². The number of amides is 1. The topological polar surface area (TPSA) is 48.5 Å². The highest BCUT2D eigenvalue weighted by Gasteiger charge is 2.30. The van der Waals surface area contributed by atoms with Gasteiger partial charge in [-0.3, -0.25) is 9.69 Å². The molecule has 1 N–H and O–H groups in total. The van der Waals surface area contributed by atoms with Gasteiger partial charge >= 0.3 is 0 Å². The SMILES string of the molecule is CCNc1cc(C(=O)N2CC(C)N(C)C(C)C2)cc(C)n1. The van der Waals surface area contributed by atoms with Crippen molar-refractivity contribution in [1.29, 1.82) is 0 Å². The molecule has 2 unspecified atom stereocenters. The fraction of sp³-hybridized carbons (Fsp3) is 0.625. The summed E-state index contributed by atoms with van der Waals surface area (Å²) < 4.78 is 0. The van der Waals surface area contributed by atoms with E-state index in [-0.39, 0.29) is 5.91 Å². The molecule has 21 heavy (non-hydrogen) atoms. The standard InChI is InChI=1S/C16H26N4O/c1-6-17-15-8-14(7-11(2)18-15)16(21)20-9-12(3)19(5)13(4)10-20/h7-8,12-13H,6,9-10H2,1-5H3,(H,17,18). The van der Waals surface area contributed by atoms with Gasteiger partial charge in [-0.2, -0.15) is 0 Å². The van der Waals surface area contributed by atoms with Gasteiger partial charge in [-0.25, -0.2) is 4.98 Å². The van der Waals surface area contributed by atoms with E-state index in [1.165, 1.54) is 0 Å². The second-order valence-electron chi connectivity index (χ2n) is 5.99. The Kier molecular flexibility index (Phi) is 4.83. The van der Waals surface area contributed by atoms with Crippen LogP contribution in [0.5, 0.6) is 0 Å². The van der Waals surface area contributed by atoms with Gasteiger partial charge in [-0.15, -0.1) is 0 Å². The number of carbonyl (C=O) groups excluding carboxylic acids is 1. The summed E-state index contributed by atoms with van der Waals surface area (Å²) in [6.45, 7) is 10.6. The Bertz CT molecular complexity index is 505. The molecular formula is C16H26N4O. The molecule has 5 nitrogen and oxygen atoms in total. The van der Waals surface area contributed by atoms with E-state index in [1.807, 2.05) is 30.9 Å². The monoisotopic (exact) mass is 290 g/mol. The normalized spacial score (nSPS) is 23.2. The van der Waals surface area contributed by atoms with Crippen LogP contribution in [0.25, 0.3) is 0 Å². The summed E-state index contributed by atoms with van der Waals surface area (Å²) >= 11 is 0.